The monoisotopic (exact) mass is 328 g/mol. The highest BCUT2D eigenvalue weighted by Crippen LogP contribution is 2.21. The van der Waals surface area contributed by atoms with E-state index in [9.17, 15) is 13.2 Å². The van der Waals surface area contributed by atoms with Crippen molar-refractivity contribution in [3.63, 3.8) is 0 Å². The number of sulfonamides is 1. The maximum atomic E-state index is 12.4. The maximum absolute atomic E-state index is 12.4. The van der Waals surface area contributed by atoms with Gasteiger partial charge in [-0.3, -0.25) is 9.48 Å². The molecule has 1 aromatic rings. The molecule has 0 aliphatic carbocycles. The Morgan fingerprint density at radius 1 is 1.45 bits per heavy atom. The van der Waals surface area contributed by atoms with Gasteiger partial charge >= 0.3 is 0 Å². The van der Waals surface area contributed by atoms with Gasteiger partial charge < -0.3 is 5.32 Å². The SMILES string of the molecule is CCn1nccc1[C@@H](C)NC(=O)C1CCN(S(C)(=O)=O)CC1. The van der Waals surface area contributed by atoms with Crippen LogP contribution in [0.3, 0.4) is 0 Å². The molecule has 1 saturated heterocycles. The highest BCUT2D eigenvalue weighted by Gasteiger charge is 2.29. The van der Waals surface area contributed by atoms with Crippen LogP contribution in [0.25, 0.3) is 0 Å². The van der Waals surface area contributed by atoms with E-state index in [0.29, 0.717) is 25.9 Å². The summed E-state index contributed by atoms with van der Waals surface area (Å²) < 4.78 is 26.3. The van der Waals surface area contributed by atoms with E-state index < -0.39 is 10.0 Å². The summed E-state index contributed by atoms with van der Waals surface area (Å²) in [6.07, 6.45) is 4.07. The van der Waals surface area contributed by atoms with Crippen LogP contribution in [0.4, 0.5) is 0 Å². The number of hydrogen-bond donors (Lipinski definition) is 1. The van der Waals surface area contributed by atoms with Gasteiger partial charge in [-0.1, -0.05) is 0 Å². The molecule has 0 unspecified atom stereocenters. The first-order valence-electron chi connectivity index (χ1n) is 7.60. The van der Waals surface area contributed by atoms with E-state index in [0.717, 1.165) is 12.2 Å². The number of nitrogens with zero attached hydrogens (tertiary/aromatic N) is 3. The number of carbonyl (C=O) groups is 1. The quantitative estimate of drug-likeness (QED) is 0.864. The molecule has 2 rings (SSSR count). The van der Waals surface area contributed by atoms with Gasteiger partial charge in [-0.05, 0) is 32.8 Å². The molecule has 2 heterocycles. The molecule has 8 heteroatoms. The molecule has 0 radical (unpaired) electrons. The van der Waals surface area contributed by atoms with Crippen molar-refractivity contribution < 1.29 is 13.2 Å². The van der Waals surface area contributed by atoms with E-state index in [2.05, 4.69) is 10.4 Å². The minimum Gasteiger partial charge on any atom is -0.348 e. The van der Waals surface area contributed by atoms with Gasteiger partial charge in [0.15, 0.2) is 0 Å². The third-order valence-corrected chi connectivity index (χ3v) is 5.45. The topological polar surface area (TPSA) is 84.3 Å². The Morgan fingerprint density at radius 2 is 2.09 bits per heavy atom. The van der Waals surface area contributed by atoms with Gasteiger partial charge in [0.2, 0.25) is 15.9 Å². The lowest BCUT2D eigenvalue weighted by atomic mass is 9.97. The van der Waals surface area contributed by atoms with Crippen molar-refractivity contribution in [2.75, 3.05) is 19.3 Å². The molecule has 1 aliphatic rings. The molecule has 22 heavy (non-hydrogen) atoms. The lowest BCUT2D eigenvalue weighted by Gasteiger charge is -2.30. The highest BCUT2D eigenvalue weighted by molar-refractivity contribution is 7.88. The van der Waals surface area contributed by atoms with Gasteiger partial charge in [0.1, 0.15) is 0 Å². The molecular weight excluding hydrogens is 304 g/mol. The zero-order chi connectivity index (χ0) is 16.3. The minimum absolute atomic E-state index is 0.00972. The average Bonchev–Trinajstić information content (AvgIpc) is 2.95. The van der Waals surface area contributed by atoms with Gasteiger partial charge in [0, 0.05) is 31.7 Å². The fraction of sp³-hybridized carbons (Fsp3) is 0.714. The summed E-state index contributed by atoms with van der Waals surface area (Å²) in [5.41, 5.74) is 0.976. The second kappa shape index (κ2) is 6.78. The molecule has 1 atom stereocenters. The Hall–Kier alpha value is -1.41. The summed E-state index contributed by atoms with van der Waals surface area (Å²) in [5, 5.41) is 7.22. The van der Waals surface area contributed by atoms with Crippen LogP contribution >= 0.6 is 0 Å². The van der Waals surface area contributed by atoms with Crippen LogP contribution in [0.2, 0.25) is 0 Å². The first-order chi connectivity index (χ1) is 10.3. The van der Waals surface area contributed by atoms with Gasteiger partial charge in [-0.2, -0.15) is 5.10 Å². The number of aryl methyl sites for hydroxylation is 1. The molecule has 0 bridgehead atoms. The van der Waals surface area contributed by atoms with Crippen LogP contribution in [0.1, 0.15) is 38.4 Å². The fourth-order valence-corrected chi connectivity index (χ4v) is 3.70. The van der Waals surface area contributed by atoms with E-state index >= 15 is 0 Å². The molecular formula is C14H24N4O3S. The number of hydrogen-bond acceptors (Lipinski definition) is 4. The summed E-state index contributed by atoms with van der Waals surface area (Å²) in [5.74, 6) is -0.136. The van der Waals surface area contributed by atoms with Crippen molar-refractivity contribution in [3.05, 3.63) is 18.0 Å². The summed E-state index contributed by atoms with van der Waals surface area (Å²) in [7, 11) is -3.15. The molecule has 1 aliphatic heterocycles. The van der Waals surface area contributed by atoms with Gasteiger partial charge in [-0.25, -0.2) is 12.7 Å². The molecule has 1 N–H and O–H groups in total. The Morgan fingerprint density at radius 3 is 2.64 bits per heavy atom. The Kier molecular flexibility index (Phi) is 5.23. The van der Waals surface area contributed by atoms with Crippen molar-refractivity contribution in [3.8, 4) is 0 Å². The number of nitrogens with one attached hydrogen (secondary N) is 1. The smallest absolute Gasteiger partial charge is 0.223 e. The first kappa shape index (κ1) is 17.0. The molecule has 1 amide bonds. The largest absolute Gasteiger partial charge is 0.348 e. The van der Waals surface area contributed by atoms with Crippen molar-refractivity contribution in [2.45, 2.75) is 39.3 Å². The second-order valence-corrected chi connectivity index (χ2v) is 7.72. The van der Waals surface area contributed by atoms with E-state index in [-0.39, 0.29) is 17.9 Å². The van der Waals surface area contributed by atoms with Crippen LogP contribution in [-0.2, 0) is 21.4 Å². The zero-order valence-corrected chi connectivity index (χ0v) is 14.1. The predicted octanol–water partition coefficient (Wildman–Crippen LogP) is 0.752. The lowest BCUT2D eigenvalue weighted by Crippen LogP contribution is -2.43. The van der Waals surface area contributed by atoms with Crippen LogP contribution in [0.15, 0.2) is 12.3 Å². The normalized spacial score (nSPS) is 19.0. The van der Waals surface area contributed by atoms with Crippen molar-refractivity contribution in [1.82, 2.24) is 19.4 Å². The van der Waals surface area contributed by atoms with E-state index in [1.165, 1.54) is 10.6 Å². The van der Waals surface area contributed by atoms with Crippen LogP contribution in [0, 0.1) is 5.92 Å². The fourth-order valence-electron chi connectivity index (χ4n) is 2.83. The van der Waals surface area contributed by atoms with Crippen LogP contribution in [0.5, 0.6) is 0 Å². The van der Waals surface area contributed by atoms with E-state index in [1.54, 1.807) is 6.20 Å². The highest BCUT2D eigenvalue weighted by atomic mass is 32.2. The standard InChI is InChI=1S/C14H24N4O3S/c1-4-18-13(5-8-15-18)11(2)16-14(19)12-6-9-17(10-7-12)22(3,20)21/h5,8,11-12H,4,6-7,9-10H2,1-3H3,(H,16,19)/t11-/m1/s1. The summed E-state index contributed by atoms with van der Waals surface area (Å²) in [6.45, 7) is 5.53. The Labute approximate surface area is 131 Å². The van der Waals surface area contributed by atoms with Gasteiger partial charge in [0.05, 0.1) is 18.0 Å². The summed E-state index contributed by atoms with van der Waals surface area (Å²) >= 11 is 0. The Bertz CT molecular complexity index is 618. The molecule has 124 valence electrons. The van der Waals surface area contributed by atoms with E-state index in [1.807, 2.05) is 24.6 Å². The summed E-state index contributed by atoms with van der Waals surface area (Å²) in [4.78, 5) is 12.4. The zero-order valence-electron chi connectivity index (χ0n) is 13.3. The molecule has 1 aromatic heterocycles. The number of piperidine rings is 1. The second-order valence-electron chi connectivity index (χ2n) is 5.74. The van der Waals surface area contributed by atoms with Crippen molar-refractivity contribution >= 4 is 15.9 Å². The van der Waals surface area contributed by atoms with Crippen LogP contribution in [-0.4, -0.2) is 47.8 Å². The third kappa shape index (κ3) is 3.86. The van der Waals surface area contributed by atoms with Crippen LogP contribution < -0.4 is 5.32 Å². The Balaban J connectivity index is 1.91. The van der Waals surface area contributed by atoms with Crippen molar-refractivity contribution in [2.24, 2.45) is 5.92 Å². The third-order valence-electron chi connectivity index (χ3n) is 4.15. The maximum Gasteiger partial charge on any atom is 0.223 e. The lowest BCUT2D eigenvalue weighted by molar-refractivity contribution is -0.126. The van der Waals surface area contributed by atoms with E-state index in [4.69, 9.17) is 0 Å². The number of aromatic nitrogens is 2. The van der Waals surface area contributed by atoms with Gasteiger partial charge in [0.25, 0.3) is 0 Å². The molecule has 0 aromatic carbocycles. The van der Waals surface area contributed by atoms with Crippen molar-refractivity contribution in [1.29, 1.82) is 0 Å². The minimum atomic E-state index is -3.15. The molecule has 7 nitrogen and oxygen atoms in total. The summed E-state index contributed by atoms with van der Waals surface area (Å²) in [6, 6.07) is 1.80. The number of amides is 1. The molecule has 0 spiro atoms. The van der Waals surface area contributed by atoms with Gasteiger partial charge in [-0.15, -0.1) is 0 Å². The molecule has 0 saturated carbocycles. The predicted molar refractivity (Wildman–Crippen MR) is 83.6 cm³/mol. The number of rotatable bonds is 5. The molecule has 1 fully saturated rings. The number of carbonyl (C=O) groups excluding carboxylic acids is 1. The average molecular weight is 328 g/mol. The first-order valence-corrected chi connectivity index (χ1v) is 9.45.